The maximum Gasteiger partial charge on any atom is 0.317 e. The number of nitrogens with one attached hydrogen (secondary N) is 2. The number of nitrogens with zero attached hydrogens (tertiary/aromatic N) is 6. The maximum absolute atomic E-state index is 13.3. The topological polar surface area (TPSA) is 121 Å². The first-order chi connectivity index (χ1) is 20.2. The molecule has 7 rings (SSSR count). The van der Waals surface area contributed by atoms with Gasteiger partial charge in [0.05, 0.1) is 42.2 Å². The number of carbonyl (C=O) groups is 1. The third kappa shape index (κ3) is 5.11. The number of hydrogen-bond donors (Lipinski definition) is 2. The summed E-state index contributed by atoms with van der Waals surface area (Å²) in [5.74, 6) is -0.0585. The molecule has 1 unspecified atom stereocenters. The number of benzodiazepines with no additional fused rings is 1. The Morgan fingerprint density at radius 3 is 2.51 bits per heavy atom. The van der Waals surface area contributed by atoms with Gasteiger partial charge in [0, 0.05) is 37.3 Å². The SMILES string of the molecule is O=C1Nc2ccccc2C(c2ccccc2)=NC1Nc1nnc(-c2ncc(N3CCCC3)cc2N2CCOCC2)o1. The van der Waals surface area contributed by atoms with E-state index in [0.29, 0.717) is 30.3 Å². The van der Waals surface area contributed by atoms with Crippen molar-refractivity contribution in [3.05, 3.63) is 78.0 Å². The molecule has 0 bridgehead atoms. The number of benzene rings is 2. The van der Waals surface area contributed by atoms with Crippen LogP contribution in [0.2, 0.25) is 0 Å². The summed E-state index contributed by atoms with van der Waals surface area (Å²) in [7, 11) is 0. The van der Waals surface area contributed by atoms with Crippen molar-refractivity contribution in [2.75, 3.05) is 59.8 Å². The van der Waals surface area contributed by atoms with E-state index in [1.54, 1.807) is 0 Å². The number of hydrogen-bond acceptors (Lipinski definition) is 10. The second-order valence-electron chi connectivity index (χ2n) is 10.2. The zero-order valence-corrected chi connectivity index (χ0v) is 22.5. The van der Waals surface area contributed by atoms with Gasteiger partial charge < -0.3 is 29.6 Å². The van der Waals surface area contributed by atoms with Crippen LogP contribution in [0, 0.1) is 0 Å². The molecule has 1 amide bonds. The van der Waals surface area contributed by atoms with Crippen LogP contribution in [0.4, 0.5) is 23.1 Å². The summed E-state index contributed by atoms with van der Waals surface area (Å²) in [6.45, 7) is 4.83. The molecule has 11 heteroatoms. The number of para-hydroxylation sites is 1. The molecule has 2 fully saturated rings. The van der Waals surface area contributed by atoms with Crippen LogP contribution in [0.25, 0.3) is 11.6 Å². The zero-order valence-electron chi connectivity index (χ0n) is 22.5. The molecule has 2 aromatic heterocycles. The number of aliphatic imine (C=N–C) groups is 1. The third-order valence-corrected chi connectivity index (χ3v) is 7.56. The number of rotatable bonds is 6. The van der Waals surface area contributed by atoms with E-state index in [1.165, 1.54) is 12.8 Å². The number of fused-ring (bicyclic) bond motifs is 1. The van der Waals surface area contributed by atoms with Crippen LogP contribution in [-0.4, -0.2) is 72.4 Å². The van der Waals surface area contributed by atoms with E-state index in [2.05, 4.69) is 36.7 Å². The Balaban J connectivity index is 1.21. The van der Waals surface area contributed by atoms with Crippen LogP contribution in [0.15, 0.2) is 76.3 Å². The van der Waals surface area contributed by atoms with Gasteiger partial charge in [-0.2, -0.15) is 0 Å². The van der Waals surface area contributed by atoms with E-state index in [4.69, 9.17) is 19.1 Å². The molecular formula is C30H30N8O3. The van der Waals surface area contributed by atoms with Gasteiger partial charge in [0.1, 0.15) is 0 Å². The van der Waals surface area contributed by atoms with E-state index in [9.17, 15) is 4.79 Å². The molecule has 4 aromatic rings. The van der Waals surface area contributed by atoms with Gasteiger partial charge in [-0.3, -0.25) is 4.79 Å². The van der Waals surface area contributed by atoms with Crippen LogP contribution in [-0.2, 0) is 9.53 Å². The van der Waals surface area contributed by atoms with Gasteiger partial charge in [-0.05, 0) is 25.0 Å². The highest BCUT2D eigenvalue weighted by Crippen LogP contribution is 2.34. The van der Waals surface area contributed by atoms with Gasteiger partial charge in [0.25, 0.3) is 11.8 Å². The lowest BCUT2D eigenvalue weighted by molar-refractivity contribution is -0.116. The lowest BCUT2D eigenvalue weighted by Gasteiger charge is -2.30. The second-order valence-corrected chi connectivity index (χ2v) is 10.2. The molecule has 3 aliphatic rings. The minimum absolute atomic E-state index is 0.0839. The van der Waals surface area contributed by atoms with Gasteiger partial charge in [0.2, 0.25) is 6.17 Å². The van der Waals surface area contributed by atoms with Crippen molar-refractivity contribution < 1.29 is 13.9 Å². The molecular weight excluding hydrogens is 520 g/mol. The van der Waals surface area contributed by atoms with Crippen molar-refractivity contribution in [3.8, 4) is 11.6 Å². The highest BCUT2D eigenvalue weighted by Gasteiger charge is 2.28. The van der Waals surface area contributed by atoms with Crippen molar-refractivity contribution in [2.45, 2.75) is 19.0 Å². The summed E-state index contributed by atoms with van der Waals surface area (Å²) in [5, 5.41) is 14.5. The van der Waals surface area contributed by atoms with Gasteiger partial charge in [-0.15, -0.1) is 5.10 Å². The first-order valence-corrected chi connectivity index (χ1v) is 13.9. The van der Waals surface area contributed by atoms with Crippen molar-refractivity contribution in [2.24, 2.45) is 4.99 Å². The summed E-state index contributed by atoms with van der Waals surface area (Å²) in [6.07, 6.45) is 3.24. The monoisotopic (exact) mass is 550 g/mol. The van der Waals surface area contributed by atoms with E-state index < -0.39 is 6.17 Å². The summed E-state index contributed by atoms with van der Waals surface area (Å²) < 4.78 is 11.6. The highest BCUT2D eigenvalue weighted by atomic mass is 16.5. The average Bonchev–Trinajstić information content (AvgIpc) is 3.71. The number of morpholine rings is 1. The second kappa shape index (κ2) is 11.0. The quantitative estimate of drug-likeness (QED) is 0.369. The summed E-state index contributed by atoms with van der Waals surface area (Å²) >= 11 is 0. The molecule has 0 spiro atoms. The molecule has 2 N–H and O–H groups in total. The first-order valence-electron chi connectivity index (χ1n) is 13.9. The van der Waals surface area contributed by atoms with E-state index in [-0.39, 0.29) is 17.8 Å². The van der Waals surface area contributed by atoms with Crippen LogP contribution >= 0.6 is 0 Å². The molecule has 41 heavy (non-hydrogen) atoms. The van der Waals surface area contributed by atoms with Gasteiger partial charge in [-0.25, -0.2) is 9.98 Å². The molecule has 2 saturated heterocycles. The number of pyridine rings is 1. The Labute approximate surface area is 237 Å². The normalized spacial score (nSPS) is 18.9. The van der Waals surface area contributed by atoms with Crippen molar-refractivity contribution in [1.29, 1.82) is 0 Å². The fourth-order valence-corrected chi connectivity index (χ4v) is 5.48. The number of ether oxygens (including phenoxy) is 1. The lowest BCUT2D eigenvalue weighted by atomic mass is 10.0. The van der Waals surface area contributed by atoms with E-state index >= 15 is 0 Å². The fourth-order valence-electron chi connectivity index (χ4n) is 5.48. The van der Waals surface area contributed by atoms with Gasteiger partial charge in [0.15, 0.2) is 5.69 Å². The molecule has 11 nitrogen and oxygen atoms in total. The Kier molecular flexibility index (Phi) is 6.77. The predicted octanol–water partition coefficient (Wildman–Crippen LogP) is 3.80. The molecule has 0 aliphatic carbocycles. The van der Waals surface area contributed by atoms with E-state index in [0.717, 1.165) is 48.7 Å². The minimum atomic E-state index is -0.991. The molecule has 208 valence electrons. The standard InChI is InChI=1S/C30H30N8O3/c39-28-27(33-25(20-8-2-1-3-9-20)22-10-4-5-11-23(22)32-28)34-30-36-35-29(41-30)26-24(38-14-16-40-17-15-38)18-21(19-31-26)37-12-6-7-13-37/h1-5,8-11,18-19,27H,6-7,12-17H2,(H,32,39)(H,34,36). The molecule has 0 saturated carbocycles. The number of anilines is 4. The van der Waals surface area contributed by atoms with Crippen LogP contribution in [0.5, 0.6) is 0 Å². The molecule has 2 aromatic carbocycles. The Hall–Kier alpha value is -4.77. The average molecular weight is 551 g/mol. The lowest BCUT2D eigenvalue weighted by Crippen LogP contribution is -2.36. The van der Waals surface area contributed by atoms with Crippen molar-refractivity contribution in [1.82, 2.24) is 15.2 Å². The maximum atomic E-state index is 13.3. The predicted molar refractivity (Wildman–Crippen MR) is 157 cm³/mol. The van der Waals surface area contributed by atoms with Crippen LogP contribution < -0.4 is 20.4 Å². The van der Waals surface area contributed by atoms with Crippen LogP contribution in [0.1, 0.15) is 24.0 Å². The van der Waals surface area contributed by atoms with Gasteiger partial charge in [-0.1, -0.05) is 53.6 Å². The minimum Gasteiger partial charge on any atom is -0.402 e. The molecule has 0 radical (unpaired) electrons. The summed E-state index contributed by atoms with van der Waals surface area (Å²) in [5.41, 5.74) is 5.72. The highest BCUT2D eigenvalue weighted by molar-refractivity contribution is 6.19. The summed E-state index contributed by atoms with van der Waals surface area (Å²) in [4.78, 5) is 27.4. The zero-order chi connectivity index (χ0) is 27.6. The Bertz CT molecular complexity index is 1580. The molecule has 3 aliphatic heterocycles. The number of carbonyl (C=O) groups excluding carboxylic acids is 1. The fraction of sp³-hybridized carbons (Fsp3) is 0.300. The van der Waals surface area contributed by atoms with Gasteiger partial charge >= 0.3 is 6.01 Å². The molecule has 1 atom stereocenters. The number of aromatic nitrogens is 3. The van der Waals surface area contributed by atoms with Crippen LogP contribution in [0.3, 0.4) is 0 Å². The largest absolute Gasteiger partial charge is 0.402 e. The smallest absolute Gasteiger partial charge is 0.317 e. The van der Waals surface area contributed by atoms with Crippen molar-refractivity contribution >= 4 is 34.7 Å². The van der Waals surface area contributed by atoms with Crippen molar-refractivity contribution in [3.63, 3.8) is 0 Å². The Morgan fingerprint density at radius 1 is 0.902 bits per heavy atom. The number of amides is 1. The first kappa shape index (κ1) is 25.2. The third-order valence-electron chi connectivity index (χ3n) is 7.56. The summed E-state index contributed by atoms with van der Waals surface area (Å²) in [6, 6.07) is 19.6. The van der Waals surface area contributed by atoms with E-state index in [1.807, 2.05) is 60.8 Å². The Morgan fingerprint density at radius 2 is 1.68 bits per heavy atom. The molecule has 5 heterocycles.